The molecule has 0 heterocycles. The lowest BCUT2D eigenvalue weighted by Gasteiger charge is -2.28. The third-order valence-corrected chi connectivity index (χ3v) is 2.39. The van der Waals surface area contributed by atoms with Gasteiger partial charge in [0.2, 0.25) is 5.91 Å². The third-order valence-electron chi connectivity index (χ3n) is 2.39. The Balaban J connectivity index is 4.70. The molecule has 1 unspecified atom stereocenters. The molecule has 0 aliphatic carbocycles. The minimum Gasteiger partial charge on any atom is -0.481 e. The van der Waals surface area contributed by atoms with Gasteiger partial charge in [0.15, 0.2) is 0 Å². The molecule has 0 aliphatic rings. The minimum absolute atomic E-state index is 0.185. The van der Waals surface area contributed by atoms with Crippen LogP contribution in [0.4, 0.5) is 4.79 Å². The number of hydrogen-bond donors (Lipinski definition) is 4. The van der Waals surface area contributed by atoms with Crippen LogP contribution in [0.5, 0.6) is 0 Å². The van der Waals surface area contributed by atoms with E-state index in [0.717, 1.165) is 0 Å². The Morgan fingerprint density at radius 3 is 2.16 bits per heavy atom. The van der Waals surface area contributed by atoms with Crippen LogP contribution in [0.2, 0.25) is 0 Å². The van der Waals surface area contributed by atoms with Gasteiger partial charge >= 0.3 is 12.0 Å². The van der Waals surface area contributed by atoms with E-state index in [1.165, 1.54) is 0 Å². The number of urea groups is 1. The van der Waals surface area contributed by atoms with Crippen molar-refractivity contribution < 1.29 is 19.5 Å². The molecule has 7 nitrogen and oxygen atoms in total. The van der Waals surface area contributed by atoms with Crippen LogP contribution in [-0.2, 0) is 9.59 Å². The smallest absolute Gasteiger partial charge is 0.312 e. The zero-order valence-corrected chi connectivity index (χ0v) is 11.8. The second-order valence-corrected chi connectivity index (χ2v) is 5.63. The van der Waals surface area contributed by atoms with Gasteiger partial charge < -0.3 is 21.5 Å². The summed E-state index contributed by atoms with van der Waals surface area (Å²) in [6, 6.07) is -1.54. The summed E-state index contributed by atoms with van der Waals surface area (Å²) in [4.78, 5) is 33.6. The maximum absolute atomic E-state index is 12.0. The number of nitrogens with two attached hydrogens (primary N) is 1. The number of carbonyl (C=O) groups is 3. The highest BCUT2D eigenvalue weighted by atomic mass is 16.4. The van der Waals surface area contributed by atoms with Gasteiger partial charge in [0, 0.05) is 5.54 Å². The number of nitrogens with one attached hydrogen (secondary N) is 2. The van der Waals surface area contributed by atoms with E-state index in [2.05, 4.69) is 10.6 Å². The van der Waals surface area contributed by atoms with Crippen LogP contribution < -0.4 is 16.4 Å². The maximum Gasteiger partial charge on any atom is 0.312 e. The number of rotatable bonds is 7. The fourth-order valence-electron chi connectivity index (χ4n) is 1.72. The first-order valence-corrected chi connectivity index (χ1v) is 6.13. The molecule has 0 fully saturated rings. The van der Waals surface area contributed by atoms with Crippen LogP contribution in [0.1, 0.15) is 40.5 Å². The summed E-state index contributed by atoms with van der Waals surface area (Å²) < 4.78 is 0. The molecule has 0 aromatic rings. The maximum atomic E-state index is 12.0. The summed E-state index contributed by atoms with van der Waals surface area (Å²) >= 11 is 0. The fourth-order valence-corrected chi connectivity index (χ4v) is 1.72. The van der Waals surface area contributed by atoms with E-state index in [1.807, 2.05) is 13.8 Å². The van der Waals surface area contributed by atoms with Crippen molar-refractivity contribution in [1.29, 1.82) is 0 Å². The normalized spacial score (nSPS) is 12.9. The summed E-state index contributed by atoms with van der Waals surface area (Å²) in [5.74, 6) is -1.25. The second-order valence-electron chi connectivity index (χ2n) is 5.63. The molecule has 3 amide bonds. The average Bonchev–Trinajstić information content (AvgIpc) is 2.11. The molecule has 19 heavy (non-hydrogen) atoms. The number of carboxylic acids is 1. The number of carboxylic acid groups (broad SMARTS) is 1. The summed E-state index contributed by atoms with van der Waals surface area (Å²) in [5.41, 5.74) is 4.14. The van der Waals surface area contributed by atoms with E-state index >= 15 is 0 Å². The summed E-state index contributed by atoms with van der Waals surface area (Å²) in [5, 5.41) is 13.7. The molecule has 0 rings (SSSR count). The molecule has 0 saturated heterocycles. The van der Waals surface area contributed by atoms with Gasteiger partial charge in [-0.25, -0.2) is 4.79 Å². The molecule has 5 N–H and O–H groups in total. The first kappa shape index (κ1) is 17.2. The SMILES string of the molecule is CC(C)CC(NC(N)=O)C(=O)NC(C)(C)CC(=O)O. The van der Waals surface area contributed by atoms with E-state index in [9.17, 15) is 14.4 Å². The van der Waals surface area contributed by atoms with Gasteiger partial charge in [-0.1, -0.05) is 13.8 Å². The van der Waals surface area contributed by atoms with Crippen molar-refractivity contribution in [2.45, 2.75) is 52.1 Å². The largest absolute Gasteiger partial charge is 0.481 e. The average molecular weight is 273 g/mol. The zero-order chi connectivity index (χ0) is 15.2. The van der Waals surface area contributed by atoms with Gasteiger partial charge in [-0.05, 0) is 26.2 Å². The Bertz CT molecular complexity index is 353. The van der Waals surface area contributed by atoms with Crippen molar-refractivity contribution in [3.05, 3.63) is 0 Å². The minimum atomic E-state index is -1.01. The van der Waals surface area contributed by atoms with E-state index in [-0.39, 0.29) is 12.3 Å². The molecular formula is C12H23N3O4. The Hall–Kier alpha value is -1.79. The highest BCUT2D eigenvalue weighted by Crippen LogP contribution is 2.11. The number of hydrogen-bond acceptors (Lipinski definition) is 3. The van der Waals surface area contributed by atoms with Gasteiger partial charge in [0.05, 0.1) is 6.42 Å². The molecule has 7 heteroatoms. The standard InChI is InChI=1S/C12H23N3O4/c1-7(2)5-8(14-11(13)19)10(18)15-12(3,4)6-9(16)17/h7-8H,5-6H2,1-4H3,(H,15,18)(H,16,17)(H3,13,14,19). The molecule has 110 valence electrons. The van der Waals surface area contributed by atoms with Crippen LogP contribution in [0.25, 0.3) is 0 Å². The third kappa shape index (κ3) is 8.01. The Kier molecular flexibility index (Phi) is 6.31. The van der Waals surface area contributed by atoms with E-state index in [0.29, 0.717) is 6.42 Å². The van der Waals surface area contributed by atoms with Crippen molar-refractivity contribution >= 4 is 17.9 Å². The van der Waals surface area contributed by atoms with Crippen LogP contribution in [-0.4, -0.2) is 34.6 Å². The lowest BCUT2D eigenvalue weighted by atomic mass is 9.98. The van der Waals surface area contributed by atoms with Crippen molar-refractivity contribution in [2.75, 3.05) is 0 Å². The number of carbonyl (C=O) groups excluding carboxylic acids is 2. The summed E-state index contributed by atoms with van der Waals surface area (Å²) in [7, 11) is 0. The fraction of sp³-hybridized carbons (Fsp3) is 0.750. The van der Waals surface area contributed by atoms with Crippen LogP contribution in [0.15, 0.2) is 0 Å². The van der Waals surface area contributed by atoms with Gasteiger partial charge in [-0.3, -0.25) is 9.59 Å². The summed E-state index contributed by atoms with van der Waals surface area (Å²) in [6.45, 7) is 7.03. The highest BCUT2D eigenvalue weighted by Gasteiger charge is 2.28. The van der Waals surface area contributed by atoms with Crippen LogP contribution >= 0.6 is 0 Å². The predicted octanol–water partition coefficient (Wildman–Crippen LogP) is 0.439. The molecule has 0 radical (unpaired) electrons. The van der Waals surface area contributed by atoms with E-state index < -0.39 is 29.5 Å². The van der Waals surface area contributed by atoms with E-state index in [1.54, 1.807) is 13.8 Å². The first-order chi connectivity index (χ1) is 8.53. The molecule has 0 aromatic heterocycles. The Labute approximate surface area is 112 Å². The van der Waals surface area contributed by atoms with Gasteiger partial charge in [-0.2, -0.15) is 0 Å². The molecule has 0 aliphatic heterocycles. The first-order valence-electron chi connectivity index (χ1n) is 6.13. The number of primary amides is 1. The predicted molar refractivity (Wildman–Crippen MR) is 70.4 cm³/mol. The second kappa shape index (κ2) is 6.96. The monoisotopic (exact) mass is 273 g/mol. The molecule has 0 spiro atoms. The quantitative estimate of drug-likeness (QED) is 0.537. The molecule has 0 saturated carbocycles. The van der Waals surface area contributed by atoms with Gasteiger partial charge in [0.1, 0.15) is 6.04 Å². The Morgan fingerprint density at radius 2 is 1.79 bits per heavy atom. The van der Waals surface area contributed by atoms with Gasteiger partial charge in [0.25, 0.3) is 0 Å². The summed E-state index contributed by atoms with van der Waals surface area (Å²) in [6.07, 6.45) is 0.224. The number of amides is 3. The van der Waals surface area contributed by atoms with Crippen molar-refractivity contribution in [1.82, 2.24) is 10.6 Å². The molecule has 1 atom stereocenters. The molecular weight excluding hydrogens is 250 g/mol. The lowest BCUT2D eigenvalue weighted by Crippen LogP contribution is -2.55. The van der Waals surface area contributed by atoms with Crippen molar-refractivity contribution in [2.24, 2.45) is 11.7 Å². The highest BCUT2D eigenvalue weighted by molar-refractivity contribution is 5.87. The van der Waals surface area contributed by atoms with E-state index in [4.69, 9.17) is 10.8 Å². The molecule has 0 aromatic carbocycles. The van der Waals surface area contributed by atoms with Crippen LogP contribution in [0, 0.1) is 5.92 Å². The van der Waals surface area contributed by atoms with Crippen molar-refractivity contribution in [3.8, 4) is 0 Å². The number of aliphatic carboxylic acids is 1. The lowest BCUT2D eigenvalue weighted by molar-refractivity contribution is -0.138. The van der Waals surface area contributed by atoms with Crippen LogP contribution in [0.3, 0.4) is 0 Å². The Morgan fingerprint density at radius 1 is 1.26 bits per heavy atom. The topological polar surface area (TPSA) is 122 Å². The van der Waals surface area contributed by atoms with Gasteiger partial charge in [-0.15, -0.1) is 0 Å². The van der Waals surface area contributed by atoms with Crippen molar-refractivity contribution in [3.63, 3.8) is 0 Å². The zero-order valence-electron chi connectivity index (χ0n) is 11.8. The molecule has 0 bridgehead atoms.